The predicted octanol–water partition coefficient (Wildman–Crippen LogP) is 1.82. The first-order valence-electron chi connectivity index (χ1n) is 3.16. The molecule has 2 nitrogen and oxygen atoms in total. The Hall–Kier alpha value is -0.350. The van der Waals surface area contributed by atoms with Gasteiger partial charge >= 0.3 is 0 Å². The zero-order valence-electron chi connectivity index (χ0n) is 6.10. The lowest BCUT2D eigenvalue weighted by Crippen LogP contribution is -2.36. The minimum Gasteiger partial charge on any atom is -0.498 e. The largest absolute Gasteiger partial charge is 0.498 e. The van der Waals surface area contributed by atoms with Crippen molar-refractivity contribution in [2.24, 2.45) is 5.73 Å². The second-order valence-electron chi connectivity index (χ2n) is 2.37. The Morgan fingerprint density at radius 3 is 2.91 bits per heavy atom. The fourth-order valence-electron chi connectivity index (χ4n) is 0.879. The second-order valence-corrected chi connectivity index (χ2v) is 3.78. The van der Waals surface area contributed by atoms with E-state index in [0.29, 0.717) is 12.2 Å². The van der Waals surface area contributed by atoms with E-state index < -0.39 is 4.45 Å². The zero-order valence-corrected chi connectivity index (χ0v) is 7.69. The van der Waals surface area contributed by atoms with Gasteiger partial charge in [-0.3, -0.25) is 0 Å². The minimum atomic E-state index is -0.739. The number of methoxy groups -OCH3 is 1. The van der Waals surface area contributed by atoms with E-state index in [2.05, 4.69) is 15.9 Å². The van der Waals surface area contributed by atoms with Gasteiger partial charge in [0.05, 0.1) is 7.11 Å². The molecule has 0 fully saturated rings. The van der Waals surface area contributed by atoms with Crippen molar-refractivity contribution >= 4 is 15.9 Å². The molecule has 1 aliphatic carbocycles. The average Bonchev–Trinajstić information content (AvgIpc) is 1.94. The average molecular weight is 222 g/mol. The Kier molecular flexibility index (Phi) is 2.34. The summed E-state index contributed by atoms with van der Waals surface area (Å²) in [5, 5.41) is 0. The van der Waals surface area contributed by atoms with Crippen molar-refractivity contribution in [3.63, 3.8) is 0 Å². The van der Waals surface area contributed by atoms with Crippen LogP contribution in [-0.2, 0) is 4.74 Å². The van der Waals surface area contributed by atoms with Crippen LogP contribution in [0.3, 0.4) is 0 Å². The van der Waals surface area contributed by atoms with E-state index in [1.807, 2.05) is 0 Å². The summed E-state index contributed by atoms with van der Waals surface area (Å²) in [6, 6.07) is 0. The van der Waals surface area contributed by atoms with Crippen LogP contribution in [0.25, 0.3) is 0 Å². The van der Waals surface area contributed by atoms with Gasteiger partial charge in [-0.2, -0.15) is 0 Å². The number of nitrogens with two attached hydrogens (primary N) is 1. The van der Waals surface area contributed by atoms with Gasteiger partial charge in [-0.25, -0.2) is 4.39 Å². The molecule has 0 heterocycles. The van der Waals surface area contributed by atoms with E-state index in [1.54, 1.807) is 0 Å². The summed E-state index contributed by atoms with van der Waals surface area (Å²) < 4.78 is 16.7. The lowest BCUT2D eigenvalue weighted by molar-refractivity contribution is 0.253. The zero-order chi connectivity index (χ0) is 8.48. The lowest BCUT2D eigenvalue weighted by atomic mass is 10.1. The molecule has 0 radical (unpaired) electrons. The van der Waals surface area contributed by atoms with Crippen LogP contribution in [0, 0.1) is 0 Å². The quantitative estimate of drug-likeness (QED) is 0.542. The Morgan fingerprint density at radius 1 is 1.82 bits per heavy atom. The highest BCUT2D eigenvalue weighted by atomic mass is 79.9. The maximum Gasteiger partial charge on any atom is 0.133 e. The van der Waals surface area contributed by atoms with E-state index in [-0.39, 0.29) is 5.83 Å². The summed E-state index contributed by atoms with van der Waals surface area (Å²) in [6.07, 6.45) is 3.09. The number of alkyl halides is 1. The molecule has 0 saturated heterocycles. The van der Waals surface area contributed by atoms with Crippen molar-refractivity contribution < 1.29 is 9.13 Å². The molecule has 1 atom stereocenters. The van der Waals surface area contributed by atoms with Gasteiger partial charge in [0.2, 0.25) is 0 Å². The maximum absolute atomic E-state index is 12.6. The van der Waals surface area contributed by atoms with Gasteiger partial charge in [0.15, 0.2) is 0 Å². The highest BCUT2D eigenvalue weighted by Crippen LogP contribution is 2.31. The van der Waals surface area contributed by atoms with Crippen molar-refractivity contribution in [1.29, 1.82) is 0 Å². The summed E-state index contributed by atoms with van der Waals surface area (Å²) in [5.74, 6) is 0.111. The van der Waals surface area contributed by atoms with Crippen LogP contribution in [0.4, 0.5) is 4.39 Å². The fraction of sp³-hybridized carbons (Fsp3) is 0.429. The number of hydrogen-bond acceptors (Lipinski definition) is 2. The summed E-state index contributed by atoms with van der Waals surface area (Å²) >= 11 is 3.22. The number of allylic oxidation sites excluding steroid dienone is 2. The Bertz CT molecular complexity index is 222. The molecule has 0 spiro atoms. The van der Waals surface area contributed by atoms with Crippen LogP contribution in [0.1, 0.15) is 6.42 Å². The van der Waals surface area contributed by atoms with Crippen molar-refractivity contribution in [3.8, 4) is 0 Å². The van der Waals surface area contributed by atoms with Crippen LogP contribution in [-0.4, -0.2) is 11.6 Å². The SMILES string of the molecule is COC1=CC(F)=CCC1(N)Br. The first-order valence-corrected chi connectivity index (χ1v) is 3.95. The monoisotopic (exact) mass is 221 g/mol. The van der Waals surface area contributed by atoms with Crippen molar-refractivity contribution in [1.82, 2.24) is 0 Å². The Balaban J connectivity index is 2.89. The molecule has 1 unspecified atom stereocenters. The fourth-order valence-corrected chi connectivity index (χ4v) is 1.32. The van der Waals surface area contributed by atoms with Gasteiger partial charge in [0.25, 0.3) is 0 Å². The highest BCUT2D eigenvalue weighted by molar-refractivity contribution is 9.10. The van der Waals surface area contributed by atoms with E-state index in [4.69, 9.17) is 10.5 Å². The van der Waals surface area contributed by atoms with Gasteiger partial charge in [0.1, 0.15) is 16.0 Å². The number of hydrogen-bond donors (Lipinski definition) is 1. The molecule has 0 amide bonds. The second kappa shape index (κ2) is 2.95. The normalized spacial score (nSPS) is 30.9. The standard InChI is InChI=1S/C7H9BrFNO/c1-11-6-4-5(9)2-3-7(6,8)10/h2,4H,3,10H2,1H3. The molecule has 0 bridgehead atoms. The molecule has 11 heavy (non-hydrogen) atoms. The summed E-state index contributed by atoms with van der Waals surface area (Å²) in [7, 11) is 1.47. The molecule has 62 valence electrons. The van der Waals surface area contributed by atoms with Crippen molar-refractivity contribution in [2.75, 3.05) is 7.11 Å². The molecule has 0 aromatic carbocycles. The first kappa shape index (κ1) is 8.74. The molecule has 0 aromatic heterocycles. The third kappa shape index (κ3) is 1.81. The van der Waals surface area contributed by atoms with Gasteiger partial charge in [-0.05, 0) is 6.08 Å². The number of rotatable bonds is 1. The molecule has 0 saturated carbocycles. The van der Waals surface area contributed by atoms with Gasteiger partial charge in [-0.15, -0.1) is 0 Å². The Labute approximate surface area is 73.0 Å². The van der Waals surface area contributed by atoms with E-state index in [1.165, 1.54) is 19.3 Å². The number of ether oxygens (including phenoxy) is 1. The molecule has 1 aliphatic rings. The summed E-state index contributed by atoms with van der Waals surface area (Å²) in [5.41, 5.74) is 5.71. The topological polar surface area (TPSA) is 35.2 Å². The maximum atomic E-state index is 12.6. The van der Waals surface area contributed by atoms with Crippen molar-refractivity contribution in [3.05, 3.63) is 23.7 Å². The van der Waals surface area contributed by atoms with E-state index in [9.17, 15) is 4.39 Å². The van der Waals surface area contributed by atoms with Crippen LogP contribution in [0.5, 0.6) is 0 Å². The molecule has 4 heteroatoms. The minimum absolute atomic E-state index is 0.303. The summed E-state index contributed by atoms with van der Waals surface area (Å²) in [6.45, 7) is 0. The third-order valence-corrected chi connectivity index (χ3v) is 2.21. The van der Waals surface area contributed by atoms with Gasteiger partial charge in [-0.1, -0.05) is 15.9 Å². The van der Waals surface area contributed by atoms with Gasteiger partial charge in [0, 0.05) is 12.5 Å². The lowest BCUT2D eigenvalue weighted by Gasteiger charge is -2.25. The molecule has 0 aliphatic heterocycles. The van der Waals surface area contributed by atoms with E-state index >= 15 is 0 Å². The van der Waals surface area contributed by atoms with Crippen LogP contribution < -0.4 is 5.73 Å². The molecule has 0 aromatic rings. The van der Waals surface area contributed by atoms with E-state index in [0.717, 1.165) is 0 Å². The molecule has 1 rings (SSSR count). The van der Waals surface area contributed by atoms with Crippen molar-refractivity contribution in [2.45, 2.75) is 10.9 Å². The highest BCUT2D eigenvalue weighted by Gasteiger charge is 2.29. The number of halogens is 2. The van der Waals surface area contributed by atoms with Crippen LogP contribution in [0.2, 0.25) is 0 Å². The Morgan fingerprint density at radius 2 is 2.45 bits per heavy atom. The van der Waals surface area contributed by atoms with Crippen LogP contribution in [0.15, 0.2) is 23.7 Å². The smallest absolute Gasteiger partial charge is 0.133 e. The summed E-state index contributed by atoms with van der Waals surface area (Å²) in [4.78, 5) is 0. The first-order chi connectivity index (χ1) is 5.06. The molecular formula is C7H9BrFNO. The molecule has 2 N–H and O–H groups in total. The predicted molar refractivity (Wildman–Crippen MR) is 44.7 cm³/mol. The molecular weight excluding hydrogens is 213 g/mol. The van der Waals surface area contributed by atoms with Gasteiger partial charge < -0.3 is 10.5 Å². The van der Waals surface area contributed by atoms with Crippen LogP contribution >= 0.6 is 15.9 Å². The third-order valence-electron chi connectivity index (χ3n) is 1.49.